The quantitative estimate of drug-likeness (QED) is 0.926. The fourth-order valence-corrected chi connectivity index (χ4v) is 4.02. The van der Waals surface area contributed by atoms with Gasteiger partial charge in [0.1, 0.15) is 5.75 Å². The number of carbonyl (C=O) groups is 1. The molecule has 0 radical (unpaired) electrons. The summed E-state index contributed by atoms with van der Waals surface area (Å²) >= 11 is 3.42. The lowest BCUT2D eigenvalue weighted by Crippen LogP contribution is -2.38. The largest absolute Gasteiger partial charge is 0.496 e. The van der Waals surface area contributed by atoms with Gasteiger partial charge in [0.05, 0.1) is 11.6 Å². The van der Waals surface area contributed by atoms with Gasteiger partial charge >= 0.3 is 0 Å². The molecule has 0 aliphatic heterocycles. The van der Waals surface area contributed by atoms with E-state index in [1.54, 1.807) is 7.11 Å². The van der Waals surface area contributed by atoms with Crippen molar-refractivity contribution in [2.75, 3.05) is 7.11 Å². The number of ether oxygens (including phenoxy) is 1. The lowest BCUT2D eigenvalue weighted by Gasteiger charge is -2.23. The molecule has 0 spiro atoms. The molecule has 0 saturated heterocycles. The second-order valence-electron chi connectivity index (χ2n) is 5.60. The zero-order valence-corrected chi connectivity index (χ0v) is 12.6. The number of fused-ring (bicyclic) bond motifs is 2. The number of amides is 1. The third kappa shape index (κ3) is 2.50. The summed E-state index contributed by atoms with van der Waals surface area (Å²) in [7, 11) is 1.62. The standard InChI is InChI=1S/C15H18BrNO2/c1-19-14-5-4-11(8-12(14)16)15(18)17-13-7-9-2-3-10(13)6-9/h4-5,8-10,13H,2-3,6-7H2,1H3,(H,17,18). The van der Waals surface area contributed by atoms with Crippen LogP contribution in [0.25, 0.3) is 0 Å². The fraction of sp³-hybridized carbons (Fsp3) is 0.533. The van der Waals surface area contributed by atoms with Crippen LogP contribution in [-0.4, -0.2) is 19.1 Å². The molecule has 3 nitrogen and oxygen atoms in total. The topological polar surface area (TPSA) is 38.3 Å². The lowest BCUT2D eigenvalue weighted by molar-refractivity contribution is 0.0923. The monoisotopic (exact) mass is 323 g/mol. The average Bonchev–Trinajstić information content (AvgIpc) is 3.00. The smallest absolute Gasteiger partial charge is 0.251 e. The maximum atomic E-state index is 12.3. The van der Waals surface area contributed by atoms with E-state index in [2.05, 4.69) is 21.2 Å². The Morgan fingerprint density at radius 1 is 1.37 bits per heavy atom. The minimum Gasteiger partial charge on any atom is -0.496 e. The number of hydrogen-bond acceptors (Lipinski definition) is 2. The van der Waals surface area contributed by atoms with Crippen LogP contribution in [0.1, 0.15) is 36.0 Å². The first-order valence-electron chi connectivity index (χ1n) is 6.82. The second-order valence-corrected chi connectivity index (χ2v) is 6.46. The minimum atomic E-state index is 0.0286. The first-order valence-corrected chi connectivity index (χ1v) is 7.61. The van der Waals surface area contributed by atoms with E-state index in [9.17, 15) is 4.79 Å². The zero-order valence-electron chi connectivity index (χ0n) is 11.0. The van der Waals surface area contributed by atoms with Crippen LogP contribution >= 0.6 is 15.9 Å². The number of benzene rings is 1. The third-order valence-corrected chi connectivity index (χ3v) is 5.09. The molecular formula is C15H18BrNO2. The van der Waals surface area contributed by atoms with E-state index < -0.39 is 0 Å². The Labute approximate surface area is 121 Å². The molecule has 2 fully saturated rings. The van der Waals surface area contributed by atoms with Gasteiger partial charge in [0, 0.05) is 11.6 Å². The first kappa shape index (κ1) is 13.0. The van der Waals surface area contributed by atoms with Crippen LogP contribution in [-0.2, 0) is 0 Å². The lowest BCUT2D eigenvalue weighted by atomic mass is 9.95. The summed E-state index contributed by atoms with van der Waals surface area (Å²) in [4.78, 5) is 12.3. The zero-order chi connectivity index (χ0) is 13.4. The van der Waals surface area contributed by atoms with Crippen molar-refractivity contribution < 1.29 is 9.53 Å². The molecule has 1 aromatic carbocycles. The molecule has 2 saturated carbocycles. The van der Waals surface area contributed by atoms with E-state index in [-0.39, 0.29) is 5.91 Å². The van der Waals surface area contributed by atoms with E-state index >= 15 is 0 Å². The summed E-state index contributed by atoms with van der Waals surface area (Å²) in [5, 5.41) is 3.19. The molecule has 102 valence electrons. The summed E-state index contributed by atoms with van der Waals surface area (Å²) < 4.78 is 5.99. The molecule has 1 amide bonds. The van der Waals surface area contributed by atoms with Gasteiger partial charge in [-0.15, -0.1) is 0 Å². The summed E-state index contributed by atoms with van der Waals surface area (Å²) in [6.45, 7) is 0. The van der Waals surface area contributed by atoms with Crippen LogP contribution in [0.3, 0.4) is 0 Å². The van der Waals surface area contributed by atoms with Crippen molar-refractivity contribution in [1.82, 2.24) is 5.32 Å². The van der Waals surface area contributed by atoms with Gasteiger partial charge in [0.15, 0.2) is 0 Å². The van der Waals surface area contributed by atoms with Gasteiger partial charge in [0.25, 0.3) is 5.91 Å². The van der Waals surface area contributed by atoms with E-state index in [0.29, 0.717) is 17.5 Å². The maximum Gasteiger partial charge on any atom is 0.251 e. The molecule has 2 bridgehead atoms. The SMILES string of the molecule is COc1ccc(C(=O)NC2CC3CCC2C3)cc1Br. The van der Waals surface area contributed by atoms with Crippen molar-refractivity contribution in [3.63, 3.8) is 0 Å². The number of hydrogen-bond donors (Lipinski definition) is 1. The van der Waals surface area contributed by atoms with Crippen LogP contribution in [0.5, 0.6) is 5.75 Å². The Hall–Kier alpha value is -1.03. The molecule has 3 atom stereocenters. The molecule has 3 unspecified atom stereocenters. The number of nitrogens with one attached hydrogen (secondary N) is 1. The van der Waals surface area contributed by atoms with Gasteiger partial charge in [0.2, 0.25) is 0 Å². The summed E-state index contributed by atoms with van der Waals surface area (Å²) in [6.07, 6.45) is 5.10. The van der Waals surface area contributed by atoms with Crippen molar-refractivity contribution >= 4 is 21.8 Å². The average molecular weight is 324 g/mol. The number of methoxy groups -OCH3 is 1. The van der Waals surface area contributed by atoms with Crippen LogP contribution < -0.4 is 10.1 Å². The molecule has 2 aliphatic carbocycles. The molecule has 4 heteroatoms. The number of rotatable bonds is 3. The second kappa shape index (κ2) is 5.16. The van der Waals surface area contributed by atoms with Crippen LogP contribution in [0, 0.1) is 11.8 Å². The normalized spacial score (nSPS) is 28.4. The van der Waals surface area contributed by atoms with Gasteiger partial charge in [-0.25, -0.2) is 0 Å². The van der Waals surface area contributed by atoms with Crippen LogP contribution in [0.2, 0.25) is 0 Å². The van der Waals surface area contributed by atoms with E-state index in [4.69, 9.17) is 4.74 Å². The van der Waals surface area contributed by atoms with Crippen molar-refractivity contribution in [2.45, 2.75) is 31.7 Å². The highest BCUT2D eigenvalue weighted by molar-refractivity contribution is 9.10. The van der Waals surface area contributed by atoms with Crippen LogP contribution in [0.4, 0.5) is 0 Å². The molecule has 2 aliphatic rings. The van der Waals surface area contributed by atoms with Gasteiger partial charge < -0.3 is 10.1 Å². The fourth-order valence-electron chi connectivity index (χ4n) is 3.48. The highest BCUT2D eigenvalue weighted by Gasteiger charge is 2.40. The Morgan fingerprint density at radius 2 is 2.21 bits per heavy atom. The molecule has 0 aromatic heterocycles. The van der Waals surface area contributed by atoms with Gasteiger partial charge in [-0.3, -0.25) is 4.79 Å². The van der Waals surface area contributed by atoms with Crippen molar-refractivity contribution in [1.29, 1.82) is 0 Å². The Morgan fingerprint density at radius 3 is 2.79 bits per heavy atom. The maximum absolute atomic E-state index is 12.3. The number of halogens is 1. The predicted octanol–water partition coefficient (Wildman–Crippen LogP) is 3.38. The Kier molecular flexibility index (Phi) is 3.52. The van der Waals surface area contributed by atoms with E-state index in [1.807, 2.05) is 18.2 Å². The van der Waals surface area contributed by atoms with Gasteiger partial charge in [-0.05, 0) is 65.2 Å². The summed E-state index contributed by atoms with van der Waals surface area (Å²) in [5.41, 5.74) is 0.690. The van der Waals surface area contributed by atoms with E-state index in [1.165, 1.54) is 19.3 Å². The molecule has 1 N–H and O–H groups in total. The number of carbonyl (C=O) groups excluding carboxylic acids is 1. The summed E-state index contributed by atoms with van der Waals surface area (Å²) in [5.74, 6) is 2.32. The van der Waals surface area contributed by atoms with E-state index in [0.717, 1.165) is 22.6 Å². The van der Waals surface area contributed by atoms with Crippen molar-refractivity contribution in [3.8, 4) is 5.75 Å². The summed E-state index contributed by atoms with van der Waals surface area (Å²) in [6, 6.07) is 5.83. The van der Waals surface area contributed by atoms with Crippen molar-refractivity contribution in [3.05, 3.63) is 28.2 Å². The Bertz CT molecular complexity index is 503. The molecule has 3 rings (SSSR count). The minimum absolute atomic E-state index is 0.0286. The van der Waals surface area contributed by atoms with Gasteiger partial charge in [-0.1, -0.05) is 6.42 Å². The molecule has 0 heterocycles. The third-order valence-electron chi connectivity index (χ3n) is 4.47. The molecule has 1 aromatic rings. The van der Waals surface area contributed by atoms with Crippen LogP contribution in [0.15, 0.2) is 22.7 Å². The molecular weight excluding hydrogens is 306 g/mol. The predicted molar refractivity (Wildman–Crippen MR) is 77.4 cm³/mol. The highest BCUT2D eigenvalue weighted by Crippen LogP contribution is 2.44. The Balaban J connectivity index is 1.69. The van der Waals surface area contributed by atoms with Gasteiger partial charge in [-0.2, -0.15) is 0 Å². The van der Waals surface area contributed by atoms with Crippen molar-refractivity contribution in [2.24, 2.45) is 11.8 Å². The first-order chi connectivity index (χ1) is 9.17. The highest BCUT2D eigenvalue weighted by atomic mass is 79.9. The molecule has 19 heavy (non-hydrogen) atoms.